The monoisotopic (exact) mass is 615 g/mol. The third-order valence-electron chi connectivity index (χ3n) is 7.44. The Hall–Kier alpha value is -3.07. The molecule has 0 aromatic heterocycles. The van der Waals surface area contributed by atoms with Crippen molar-refractivity contribution >= 4 is 50.7 Å². The second-order valence-corrected chi connectivity index (χ2v) is 13.1. The van der Waals surface area contributed by atoms with Gasteiger partial charge in [0.1, 0.15) is 12.6 Å². The predicted octanol–water partition coefficient (Wildman–Crippen LogP) is 6.36. The van der Waals surface area contributed by atoms with Crippen LogP contribution in [0.1, 0.15) is 50.2 Å². The van der Waals surface area contributed by atoms with Crippen molar-refractivity contribution in [2.24, 2.45) is 0 Å². The van der Waals surface area contributed by atoms with E-state index in [0.29, 0.717) is 10.0 Å². The van der Waals surface area contributed by atoms with Crippen LogP contribution in [0.4, 0.5) is 5.69 Å². The summed E-state index contributed by atoms with van der Waals surface area (Å²) in [6.45, 7) is 3.06. The molecule has 1 N–H and O–H groups in total. The van der Waals surface area contributed by atoms with Gasteiger partial charge in [0.05, 0.1) is 10.6 Å². The first-order chi connectivity index (χ1) is 19.6. The second-order valence-electron chi connectivity index (χ2n) is 10.4. The summed E-state index contributed by atoms with van der Waals surface area (Å²) in [7, 11) is -4.15. The number of rotatable bonds is 10. The molecule has 1 saturated carbocycles. The Morgan fingerprint density at radius 2 is 1.61 bits per heavy atom. The molecule has 218 valence electrons. The minimum atomic E-state index is -4.15. The Bertz CT molecular complexity index is 1460. The van der Waals surface area contributed by atoms with E-state index in [1.165, 1.54) is 23.1 Å². The Morgan fingerprint density at radius 1 is 0.951 bits per heavy atom. The minimum absolute atomic E-state index is 0.0387. The quantitative estimate of drug-likeness (QED) is 0.287. The van der Waals surface area contributed by atoms with E-state index in [0.717, 1.165) is 47.5 Å². The molecule has 0 spiro atoms. The Labute approximate surface area is 252 Å². The maximum Gasteiger partial charge on any atom is 0.264 e. The highest BCUT2D eigenvalue weighted by Crippen LogP contribution is 2.29. The lowest BCUT2D eigenvalue weighted by Gasteiger charge is -2.33. The molecule has 0 saturated heterocycles. The molecule has 0 unspecified atom stereocenters. The van der Waals surface area contributed by atoms with E-state index in [2.05, 4.69) is 5.32 Å². The van der Waals surface area contributed by atoms with Gasteiger partial charge in [-0.15, -0.1) is 0 Å². The van der Waals surface area contributed by atoms with Gasteiger partial charge >= 0.3 is 0 Å². The van der Waals surface area contributed by atoms with E-state index >= 15 is 0 Å². The Kier molecular flexibility index (Phi) is 10.3. The lowest BCUT2D eigenvalue weighted by atomic mass is 9.95. The molecule has 2 amide bonds. The van der Waals surface area contributed by atoms with Gasteiger partial charge in [-0.1, -0.05) is 78.9 Å². The van der Waals surface area contributed by atoms with Crippen molar-refractivity contribution in [3.63, 3.8) is 0 Å². The first kappa shape index (κ1) is 30.9. The third kappa shape index (κ3) is 7.82. The third-order valence-corrected chi connectivity index (χ3v) is 9.89. The SMILES string of the molecule is Cc1ccc(N(CC(=O)N(Cc2ccc(Cl)cc2)[C@@H](C)C(=O)NC2CCCCC2)S(=O)(=O)c2ccccc2)cc1Cl. The van der Waals surface area contributed by atoms with Gasteiger partial charge in [0.15, 0.2) is 0 Å². The molecule has 0 heterocycles. The summed E-state index contributed by atoms with van der Waals surface area (Å²) in [5, 5.41) is 4.02. The van der Waals surface area contributed by atoms with Crippen molar-refractivity contribution in [2.75, 3.05) is 10.8 Å². The largest absolute Gasteiger partial charge is 0.352 e. The fourth-order valence-electron chi connectivity index (χ4n) is 4.92. The lowest BCUT2D eigenvalue weighted by Crippen LogP contribution is -2.53. The molecular formula is C31H35Cl2N3O4S. The number of aryl methyl sites for hydroxylation is 1. The van der Waals surface area contributed by atoms with Crippen molar-refractivity contribution in [3.8, 4) is 0 Å². The molecule has 3 aromatic rings. The van der Waals surface area contributed by atoms with Gasteiger partial charge in [-0.2, -0.15) is 0 Å². The van der Waals surface area contributed by atoms with Crippen LogP contribution in [-0.2, 0) is 26.2 Å². The van der Waals surface area contributed by atoms with Crippen LogP contribution in [0, 0.1) is 6.92 Å². The van der Waals surface area contributed by atoms with Gasteiger partial charge in [-0.25, -0.2) is 8.42 Å². The highest BCUT2D eigenvalue weighted by Gasteiger charge is 2.33. The van der Waals surface area contributed by atoms with E-state index in [9.17, 15) is 18.0 Å². The van der Waals surface area contributed by atoms with Crippen LogP contribution in [0.5, 0.6) is 0 Å². The number of anilines is 1. The minimum Gasteiger partial charge on any atom is -0.352 e. The van der Waals surface area contributed by atoms with Crippen LogP contribution in [0.3, 0.4) is 0 Å². The molecule has 3 aromatic carbocycles. The second kappa shape index (κ2) is 13.7. The van der Waals surface area contributed by atoms with Crippen molar-refractivity contribution in [2.45, 2.75) is 69.5 Å². The number of carbonyl (C=O) groups excluding carboxylic acids is 2. The van der Waals surface area contributed by atoms with E-state index < -0.39 is 28.5 Å². The van der Waals surface area contributed by atoms with Gasteiger partial charge in [-0.05, 0) is 74.2 Å². The zero-order valence-corrected chi connectivity index (χ0v) is 25.6. The molecule has 0 radical (unpaired) electrons. The number of nitrogens with zero attached hydrogens (tertiary/aromatic N) is 2. The summed E-state index contributed by atoms with van der Waals surface area (Å²) in [6.07, 6.45) is 5.07. The Morgan fingerprint density at radius 3 is 2.24 bits per heavy atom. The molecule has 0 bridgehead atoms. The number of sulfonamides is 1. The fourth-order valence-corrected chi connectivity index (χ4v) is 6.65. The summed E-state index contributed by atoms with van der Waals surface area (Å²) in [6, 6.07) is 19.0. The number of hydrogen-bond donors (Lipinski definition) is 1. The van der Waals surface area contributed by atoms with Gasteiger partial charge in [0.25, 0.3) is 10.0 Å². The number of benzene rings is 3. The van der Waals surface area contributed by atoms with Crippen molar-refractivity contribution < 1.29 is 18.0 Å². The fraction of sp³-hybridized carbons (Fsp3) is 0.355. The number of hydrogen-bond acceptors (Lipinski definition) is 4. The first-order valence-corrected chi connectivity index (χ1v) is 15.9. The number of amides is 2. The molecule has 4 rings (SSSR count). The highest BCUT2D eigenvalue weighted by atomic mass is 35.5. The molecule has 10 heteroatoms. The zero-order valence-electron chi connectivity index (χ0n) is 23.2. The van der Waals surface area contributed by atoms with Gasteiger partial charge in [0.2, 0.25) is 11.8 Å². The Balaban J connectivity index is 1.68. The highest BCUT2D eigenvalue weighted by molar-refractivity contribution is 7.92. The normalized spacial score (nSPS) is 14.7. The van der Waals surface area contributed by atoms with Gasteiger partial charge in [-0.3, -0.25) is 13.9 Å². The van der Waals surface area contributed by atoms with Crippen LogP contribution in [0.2, 0.25) is 10.0 Å². The lowest BCUT2D eigenvalue weighted by molar-refractivity contribution is -0.139. The number of nitrogens with one attached hydrogen (secondary N) is 1. The predicted molar refractivity (Wildman–Crippen MR) is 164 cm³/mol. The van der Waals surface area contributed by atoms with E-state index in [-0.39, 0.29) is 29.1 Å². The maximum absolute atomic E-state index is 14.0. The summed E-state index contributed by atoms with van der Waals surface area (Å²) in [4.78, 5) is 28.9. The average molecular weight is 617 g/mol. The van der Waals surface area contributed by atoms with Gasteiger partial charge in [0, 0.05) is 22.6 Å². The van der Waals surface area contributed by atoms with Crippen LogP contribution < -0.4 is 9.62 Å². The van der Waals surface area contributed by atoms with Crippen molar-refractivity contribution in [1.29, 1.82) is 0 Å². The van der Waals surface area contributed by atoms with Crippen molar-refractivity contribution in [1.82, 2.24) is 10.2 Å². The summed E-state index contributed by atoms with van der Waals surface area (Å²) in [5.74, 6) is -0.794. The standard InChI is InChI=1S/C31H35Cl2N3O4S/c1-22-13-18-27(19-29(22)33)36(41(39,40)28-11-7-4-8-12-28)21-30(37)35(20-24-14-16-25(32)17-15-24)23(2)31(38)34-26-9-5-3-6-10-26/h4,7-8,11-19,23,26H,3,5-6,9-10,20-21H2,1-2H3,(H,34,38)/t23-/m0/s1. The number of carbonyl (C=O) groups is 2. The molecule has 7 nitrogen and oxygen atoms in total. The summed E-state index contributed by atoms with van der Waals surface area (Å²) >= 11 is 12.4. The van der Waals surface area contributed by atoms with Gasteiger partial charge < -0.3 is 10.2 Å². The van der Waals surface area contributed by atoms with E-state index in [1.807, 2.05) is 6.92 Å². The first-order valence-electron chi connectivity index (χ1n) is 13.7. The molecule has 1 aliphatic carbocycles. The molecule has 41 heavy (non-hydrogen) atoms. The zero-order chi connectivity index (χ0) is 29.6. The van der Waals surface area contributed by atoms with Crippen LogP contribution in [-0.4, -0.2) is 43.8 Å². The summed E-state index contributed by atoms with van der Waals surface area (Å²) < 4.78 is 28.8. The van der Waals surface area contributed by atoms with Crippen LogP contribution in [0.15, 0.2) is 77.7 Å². The van der Waals surface area contributed by atoms with Crippen LogP contribution in [0.25, 0.3) is 0 Å². The van der Waals surface area contributed by atoms with E-state index in [1.54, 1.807) is 61.5 Å². The van der Waals surface area contributed by atoms with E-state index in [4.69, 9.17) is 23.2 Å². The van der Waals surface area contributed by atoms with Crippen LogP contribution >= 0.6 is 23.2 Å². The maximum atomic E-state index is 14.0. The molecule has 1 atom stereocenters. The molecule has 1 aliphatic rings. The topological polar surface area (TPSA) is 86.8 Å². The summed E-state index contributed by atoms with van der Waals surface area (Å²) in [5.41, 5.74) is 1.79. The number of halogens is 2. The van der Waals surface area contributed by atoms with Crippen molar-refractivity contribution in [3.05, 3.63) is 94.0 Å². The molecular weight excluding hydrogens is 581 g/mol. The average Bonchev–Trinajstić information content (AvgIpc) is 2.97. The smallest absolute Gasteiger partial charge is 0.264 e. The molecule has 0 aliphatic heterocycles. The molecule has 1 fully saturated rings.